The number of phenolic OH excluding ortho intramolecular Hbond substituents is 1. The molecule has 1 N–H and O–H groups in total. The van der Waals surface area contributed by atoms with Gasteiger partial charge in [0.25, 0.3) is 0 Å². The van der Waals surface area contributed by atoms with E-state index in [4.69, 9.17) is 16.8 Å². The van der Waals surface area contributed by atoms with Crippen LogP contribution in [0.4, 0.5) is 0 Å². The van der Waals surface area contributed by atoms with Gasteiger partial charge >= 0.3 is 0 Å². The van der Waals surface area contributed by atoms with Crippen LogP contribution in [0.1, 0.15) is 5.56 Å². The van der Waals surface area contributed by atoms with E-state index in [0.717, 1.165) is 5.56 Å². The summed E-state index contributed by atoms with van der Waals surface area (Å²) in [6.07, 6.45) is 6.65. The maximum absolute atomic E-state index is 8.98. The summed E-state index contributed by atoms with van der Waals surface area (Å²) in [4.78, 5) is 0. The van der Waals surface area contributed by atoms with Crippen LogP contribution < -0.4 is 0 Å². The number of benzene rings is 1. The summed E-state index contributed by atoms with van der Waals surface area (Å²) in [6.45, 7) is 0. The second-order valence-electron chi connectivity index (χ2n) is 2.41. The third-order valence-corrected chi connectivity index (χ3v) is 1.48. The first-order valence-electron chi connectivity index (χ1n) is 3.63. The van der Waals surface area contributed by atoms with Gasteiger partial charge in [-0.3, -0.25) is 0 Å². The average molecular weight is 169 g/mol. The summed E-state index contributed by atoms with van der Waals surface area (Å²) in [5.41, 5.74) is 1.07. The number of allylic oxidation sites excluding steroid dienone is 1. The van der Waals surface area contributed by atoms with Gasteiger partial charge in [-0.25, -0.2) is 0 Å². The average Bonchev–Trinajstić information content (AvgIpc) is 2.17. The normalized spacial score (nSPS) is 10.2. The van der Waals surface area contributed by atoms with Crippen LogP contribution in [0.25, 0.3) is 6.08 Å². The summed E-state index contributed by atoms with van der Waals surface area (Å²) in [6, 6.07) is 8.32. The maximum Gasteiger partial charge on any atom is 0.115 e. The molecule has 1 aromatic rings. The van der Waals surface area contributed by atoms with Crippen LogP contribution in [0.2, 0.25) is 0 Å². The molecule has 1 aromatic carbocycles. The lowest BCUT2D eigenvalue weighted by molar-refractivity contribution is 0.475. The van der Waals surface area contributed by atoms with E-state index in [9.17, 15) is 0 Å². The first-order valence-corrected chi connectivity index (χ1v) is 3.63. The monoisotopic (exact) mass is 169 g/mol. The molecule has 1 rings (SSSR count). The maximum atomic E-state index is 8.98. The Balaban J connectivity index is 3.00. The van der Waals surface area contributed by atoms with Crippen molar-refractivity contribution in [1.82, 2.24) is 0 Å². The van der Waals surface area contributed by atoms with Gasteiger partial charge in [-0.2, -0.15) is 5.26 Å². The van der Waals surface area contributed by atoms with Crippen LogP contribution >= 0.6 is 0 Å². The number of nitrogens with zero attached hydrogens (tertiary/aromatic N) is 1. The van der Waals surface area contributed by atoms with Gasteiger partial charge < -0.3 is 5.11 Å². The minimum Gasteiger partial charge on any atom is -0.508 e. The molecule has 62 valence electrons. The Morgan fingerprint density at radius 3 is 2.46 bits per heavy atom. The van der Waals surface area contributed by atoms with E-state index in [0.29, 0.717) is 0 Å². The fourth-order valence-electron chi connectivity index (χ4n) is 0.843. The Hall–Kier alpha value is -2.19. The minimum absolute atomic E-state index is 0.191. The highest BCUT2D eigenvalue weighted by Crippen LogP contribution is 2.12. The lowest BCUT2D eigenvalue weighted by atomic mass is 10.1. The molecular formula is C11H7NO. The van der Waals surface area contributed by atoms with Gasteiger partial charge in [0.2, 0.25) is 0 Å². The van der Waals surface area contributed by atoms with Crippen molar-refractivity contribution >= 4 is 6.08 Å². The quantitative estimate of drug-likeness (QED) is 0.515. The Kier molecular flexibility index (Phi) is 2.73. The molecule has 0 aliphatic heterocycles. The zero-order valence-corrected chi connectivity index (χ0v) is 6.86. The molecule has 2 nitrogen and oxygen atoms in total. The Bertz CT molecular complexity index is 385. The summed E-state index contributed by atoms with van der Waals surface area (Å²) >= 11 is 0. The Morgan fingerprint density at radius 2 is 2.00 bits per heavy atom. The summed E-state index contributed by atoms with van der Waals surface area (Å²) in [7, 11) is 0. The molecule has 0 fully saturated rings. The molecule has 0 aliphatic rings. The summed E-state index contributed by atoms with van der Waals surface area (Å²) in [5.74, 6) is 2.44. The molecule has 0 radical (unpaired) electrons. The second-order valence-corrected chi connectivity index (χ2v) is 2.41. The highest BCUT2D eigenvalue weighted by molar-refractivity contribution is 5.63. The number of hydrogen-bond donors (Lipinski definition) is 1. The van der Waals surface area contributed by atoms with Crippen LogP contribution in [0.3, 0.4) is 0 Å². The van der Waals surface area contributed by atoms with Crippen LogP contribution in [-0.4, -0.2) is 5.11 Å². The van der Waals surface area contributed by atoms with Gasteiger partial charge in [0.1, 0.15) is 17.4 Å². The van der Waals surface area contributed by atoms with Crippen molar-refractivity contribution in [3.8, 4) is 24.2 Å². The van der Waals surface area contributed by atoms with Crippen molar-refractivity contribution in [3.63, 3.8) is 0 Å². The van der Waals surface area contributed by atoms with Gasteiger partial charge in [0.15, 0.2) is 0 Å². The zero-order chi connectivity index (χ0) is 9.68. The van der Waals surface area contributed by atoms with Crippen molar-refractivity contribution in [3.05, 3.63) is 35.4 Å². The van der Waals surface area contributed by atoms with Crippen LogP contribution in [0.5, 0.6) is 5.75 Å². The molecule has 0 unspecified atom stereocenters. The SMILES string of the molecule is C#C/C(C#N)=C\c1ccc(O)cc1. The van der Waals surface area contributed by atoms with E-state index in [1.54, 1.807) is 18.2 Å². The number of phenols is 1. The van der Waals surface area contributed by atoms with Crippen LogP contribution in [0.15, 0.2) is 29.8 Å². The van der Waals surface area contributed by atoms with Crippen molar-refractivity contribution in [2.24, 2.45) is 0 Å². The van der Waals surface area contributed by atoms with Gasteiger partial charge in [-0.05, 0) is 23.8 Å². The Morgan fingerprint density at radius 1 is 1.38 bits per heavy atom. The van der Waals surface area contributed by atoms with Crippen molar-refractivity contribution < 1.29 is 5.11 Å². The van der Waals surface area contributed by atoms with Gasteiger partial charge in [0, 0.05) is 0 Å². The van der Waals surface area contributed by atoms with E-state index in [1.807, 2.05) is 6.07 Å². The molecule has 0 saturated carbocycles. The highest BCUT2D eigenvalue weighted by atomic mass is 16.3. The lowest BCUT2D eigenvalue weighted by Crippen LogP contribution is -1.74. The first kappa shape index (κ1) is 8.90. The smallest absolute Gasteiger partial charge is 0.115 e. The van der Waals surface area contributed by atoms with Crippen molar-refractivity contribution in [2.45, 2.75) is 0 Å². The molecule has 0 heterocycles. The molecule has 0 saturated heterocycles. The van der Waals surface area contributed by atoms with Crippen LogP contribution in [-0.2, 0) is 0 Å². The van der Waals surface area contributed by atoms with E-state index in [1.165, 1.54) is 12.1 Å². The predicted molar refractivity (Wildman–Crippen MR) is 50.5 cm³/mol. The van der Waals surface area contributed by atoms with Gasteiger partial charge in [0.05, 0.1) is 0 Å². The topological polar surface area (TPSA) is 44.0 Å². The molecule has 0 aliphatic carbocycles. The largest absolute Gasteiger partial charge is 0.508 e. The van der Waals surface area contributed by atoms with Gasteiger partial charge in [-0.15, -0.1) is 6.42 Å². The number of nitriles is 1. The predicted octanol–water partition coefficient (Wildman–Crippen LogP) is 1.93. The van der Waals surface area contributed by atoms with Crippen LogP contribution in [0, 0.1) is 23.7 Å². The highest BCUT2D eigenvalue weighted by Gasteiger charge is 1.91. The number of terminal acetylenes is 1. The molecule has 13 heavy (non-hydrogen) atoms. The number of rotatable bonds is 1. The molecule has 0 amide bonds. The fraction of sp³-hybridized carbons (Fsp3) is 0. The standard InChI is InChI=1S/C11H7NO/c1-2-9(8-12)7-10-3-5-11(13)6-4-10/h1,3-7,13H/b9-7+. The van der Waals surface area contributed by atoms with Gasteiger partial charge in [-0.1, -0.05) is 18.1 Å². The fourth-order valence-corrected chi connectivity index (χ4v) is 0.843. The van der Waals surface area contributed by atoms with E-state index in [2.05, 4.69) is 5.92 Å². The number of hydrogen-bond acceptors (Lipinski definition) is 2. The lowest BCUT2D eigenvalue weighted by Gasteiger charge is -1.93. The summed E-state index contributed by atoms with van der Waals surface area (Å²) in [5, 5.41) is 17.5. The minimum atomic E-state index is 0.191. The molecule has 0 bridgehead atoms. The first-order chi connectivity index (χ1) is 6.26. The molecule has 0 atom stereocenters. The van der Waals surface area contributed by atoms with E-state index >= 15 is 0 Å². The molecule has 2 heteroatoms. The zero-order valence-electron chi connectivity index (χ0n) is 6.86. The Labute approximate surface area is 76.8 Å². The molecule has 0 spiro atoms. The van der Waals surface area contributed by atoms with Crippen molar-refractivity contribution in [2.75, 3.05) is 0 Å². The van der Waals surface area contributed by atoms with Crippen molar-refractivity contribution in [1.29, 1.82) is 5.26 Å². The molecular weight excluding hydrogens is 162 g/mol. The van der Waals surface area contributed by atoms with E-state index in [-0.39, 0.29) is 11.3 Å². The molecule has 0 aromatic heterocycles. The number of aromatic hydroxyl groups is 1. The third kappa shape index (κ3) is 2.39. The second kappa shape index (κ2) is 3.99. The third-order valence-electron chi connectivity index (χ3n) is 1.48. The van der Waals surface area contributed by atoms with E-state index < -0.39 is 0 Å². The summed E-state index contributed by atoms with van der Waals surface area (Å²) < 4.78 is 0.